The molecule has 3 nitrogen and oxygen atoms in total. The van der Waals surface area contributed by atoms with Crippen LogP contribution in [0.3, 0.4) is 0 Å². The number of hydrogen-bond acceptors (Lipinski definition) is 3. The second kappa shape index (κ2) is 13.4. The highest BCUT2D eigenvalue weighted by Gasteiger charge is 2.47. The summed E-state index contributed by atoms with van der Waals surface area (Å²) in [7, 11) is 0. The van der Waals surface area contributed by atoms with Gasteiger partial charge in [0.25, 0.3) is 0 Å². The normalized spacial score (nSPS) is 25.6. The van der Waals surface area contributed by atoms with Crippen LogP contribution in [0, 0.1) is 55.3 Å². The first kappa shape index (κ1) is 34.9. The van der Waals surface area contributed by atoms with Crippen LogP contribution in [0.2, 0.25) is 0 Å². The van der Waals surface area contributed by atoms with Crippen molar-refractivity contribution in [3.05, 3.63) is 88.0 Å². The zero-order valence-electron chi connectivity index (χ0n) is 30.9. The predicted molar refractivity (Wildman–Crippen MR) is 199 cm³/mol. The Hall–Kier alpha value is -2.94. The van der Waals surface area contributed by atoms with E-state index in [1.54, 1.807) is 0 Å². The van der Waals surface area contributed by atoms with Gasteiger partial charge in [0.15, 0.2) is 0 Å². The Morgan fingerprint density at radius 2 is 0.833 bits per heavy atom. The fraction of sp³-hybridized carbons (Fsp3) is 0.600. The molecule has 0 unspecified atom stereocenters. The van der Waals surface area contributed by atoms with E-state index in [2.05, 4.69) is 64.1 Å². The second-order valence-electron chi connectivity index (χ2n) is 17.6. The smallest absolute Gasteiger partial charge is 0.118 e. The van der Waals surface area contributed by atoms with E-state index < -0.39 is 0 Å². The number of benzene rings is 3. The van der Waals surface area contributed by atoms with E-state index in [0.717, 1.165) is 47.3 Å². The molecule has 0 atom stereocenters. The van der Waals surface area contributed by atoms with E-state index in [0.29, 0.717) is 39.9 Å². The summed E-state index contributed by atoms with van der Waals surface area (Å²) in [6.45, 7) is 16.4. The molecule has 3 aromatic rings. The van der Waals surface area contributed by atoms with Crippen LogP contribution >= 0.6 is 0 Å². The third kappa shape index (κ3) is 6.52. The summed E-state index contributed by atoms with van der Waals surface area (Å²) in [6, 6.07) is 18.7. The van der Waals surface area contributed by atoms with Crippen molar-refractivity contribution in [3.63, 3.8) is 0 Å². The Morgan fingerprint density at radius 3 is 1.23 bits per heavy atom. The lowest BCUT2D eigenvalue weighted by Gasteiger charge is -2.52. The van der Waals surface area contributed by atoms with Gasteiger partial charge >= 0.3 is 0 Å². The van der Waals surface area contributed by atoms with Gasteiger partial charge in [-0.2, -0.15) is 0 Å². The average molecular weight is 651 g/mol. The molecule has 3 heteroatoms. The Bertz CT molecular complexity index is 1520. The van der Waals surface area contributed by atoms with Crippen molar-refractivity contribution in [2.75, 3.05) is 0 Å². The zero-order valence-corrected chi connectivity index (χ0v) is 30.9. The molecule has 0 spiro atoms. The first-order valence-electron chi connectivity index (χ1n) is 19.1. The van der Waals surface area contributed by atoms with E-state index in [1.165, 1.54) is 80.9 Å². The first-order valence-corrected chi connectivity index (χ1v) is 19.1. The Kier molecular flexibility index (Phi) is 9.75. The van der Waals surface area contributed by atoms with Gasteiger partial charge in [-0.15, -0.1) is 0 Å². The molecule has 3 N–H and O–H groups in total. The Labute approximate surface area is 291 Å². The van der Waals surface area contributed by atoms with Gasteiger partial charge < -0.3 is 15.3 Å². The average Bonchev–Trinajstić information content (AvgIpc) is 3.08. The van der Waals surface area contributed by atoms with Crippen LogP contribution < -0.4 is 0 Å². The monoisotopic (exact) mass is 650 g/mol. The molecule has 3 aliphatic rings. The number of rotatable bonds is 7. The van der Waals surface area contributed by atoms with E-state index in [4.69, 9.17) is 0 Å². The third-order valence-electron chi connectivity index (χ3n) is 14.7. The van der Waals surface area contributed by atoms with Crippen molar-refractivity contribution < 1.29 is 15.3 Å². The molecule has 3 aromatic carbocycles. The standard InChI is InChI=1S/C45H62O3/c1-29-26-33(10-19-40(29)46)32-8-11-34(12-9-32)43(4,5)35-13-15-36(16-14-35)44(6,7)37-22-24-45(25-23-37,38-17-20-41(47)30(2)27-38)39-18-21-42(48)31(3)28-39/h10,17-21,26-28,32,34-37,46-48H,8-9,11-16,22-25H2,1-7H3. The Balaban J connectivity index is 1.09. The summed E-state index contributed by atoms with van der Waals surface area (Å²) in [6.07, 6.45) is 15.3. The minimum absolute atomic E-state index is 0.0920. The van der Waals surface area contributed by atoms with Gasteiger partial charge in [0.2, 0.25) is 0 Å². The highest BCUT2D eigenvalue weighted by molar-refractivity contribution is 5.48. The fourth-order valence-corrected chi connectivity index (χ4v) is 10.9. The van der Waals surface area contributed by atoms with Gasteiger partial charge in [-0.1, -0.05) is 64.1 Å². The first-order chi connectivity index (χ1) is 22.7. The fourth-order valence-electron chi connectivity index (χ4n) is 10.9. The molecule has 0 radical (unpaired) electrons. The van der Waals surface area contributed by atoms with Crippen LogP contribution in [-0.2, 0) is 5.41 Å². The highest BCUT2D eigenvalue weighted by Crippen LogP contribution is 2.57. The van der Waals surface area contributed by atoms with Crippen LogP contribution in [0.5, 0.6) is 17.2 Å². The molecule has 6 rings (SSSR count). The lowest BCUT2D eigenvalue weighted by molar-refractivity contribution is -0.00176. The van der Waals surface area contributed by atoms with Crippen LogP contribution in [0.1, 0.15) is 144 Å². The molecule has 0 heterocycles. The lowest BCUT2D eigenvalue weighted by Crippen LogP contribution is -2.43. The van der Waals surface area contributed by atoms with Crippen LogP contribution in [0.15, 0.2) is 54.6 Å². The molecular formula is C45H62O3. The molecule has 3 fully saturated rings. The number of aromatic hydroxyl groups is 3. The maximum Gasteiger partial charge on any atom is 0.118 e. The summed E-state index contributed by atoms with van der Waals surface area (Å²) < 4.78 is 0. The molecule has 0 bridgehead atoms. The SMILES string of the molecule is Cc1cc(C2CCC(C(C)(C)C3CCC(C(C)(C)C4CCC(c5ccc(O)c(C)c5)(c5ccc(O)c(C)c5)CC4)CC3)CC2)ccc1O. The van der Waals surface area contributed by atoms with Crippen molar-refractivity contribution >= 4 is 0 Å². The van der Waals surface area contributed by atoms with Crippen molar-refractivity contribution in [2.45, 2.75) is 137 Å². The molecule has 0 saturated heterocycles. The molecule has 3 aliphatic carbocycles. The summed E-state index contributed by atoms with van der Waals surface area (Å²) in [5.74, 6) is 4.88. The molecule has 0 aromatic heterocycles. The van der Waals surface area contributed by atoms with E-state index >= 15 is 0 Å². The Morgan fingerprint density at radius 1 is 0.479 bits per heavy atom. The quantitative estimate of drug-likeness (QED) is 0.238. The van der Waals surface area contributed by atoms with E-state index in [-0.39, 0.29) is 5.41 Å². The van der Waals surface area contributed by atoms with Gasteiger partial charge in [0.05, 0.1) is 0 Å². The zero-order chi connectivity index (χ0) is 34.4. The van der Waals surface area contributed by atoms with Gasteiger partial charge in [-0.05, 0) is 190 Å². The third-order valence-corrected chi connectivity index (χ3v) is 14.7. The summed E-state index contributed by atoms with van der Waals surface area (Å²) in [4.78, 5) is 0. The summed E-state index contributed by atoms with van der Waals surface area (Å²) in [5, 5.41) is 30.7. The maximum absolute atomic E-state index is 10.3. The number of aryl methyl sites for hydroxylation is 3. The molecule has 0 aliphatic heterocycles. The summed E-state index contributed by atoms with van der Waals surface area (Å²) >= 11 is 0. The molecular weight excluding hydrogens is 588 g/mol. The van der Waals surface area contributed by atoms with Crippen LogP contribution in [-0.4, -0.2) is 15.3 Å². The van der Waals surface area contributed by atoms with Crippen molar-refractivity contribution in [2.24, 2.45) is 34.5 Å². The van der Waals surface area contributed by atoms with Gasteiger partial charge in [0.1, 0.15) is 17.2 Å². The van der Waals surface area contributed by atoms with Crippen molar-refractivity contribution in [1.29, 1.82) is 0 Å². The maximum atomic E-state index is 10.3. The van der Waals surface area contributed by atoms with Gasteiger partial charge in [-0.25, -0.2) is 0 Å². The number of phenolic OH excluding ortho intramolecular Hbond substituents is 3. The molecule has 48 heavy (non-hydrogen) atoms. The van der Waals surface area contributed by atoms with Gasteiger partial charge in [0, 0.05) is 5.41 Å². The second-order valence-corrected chi connectivity index (χ2v) is 17.6. The van der Waals surface area contributed by atoms with E-state index in [1.807, 2.05) is 39.0 Å². The largest absolute Gasteiger partial charge is 0.508 e. The molecule has 0 amide bonds. The van der Waals surface area contributed by atoms with Crippen molar-refractivity contribution in [1.82, 2.24) is 0 Å². The predicted octanol–water partition coefficient (Wildman–Crippen LogP) is 12.0. The van der Waals surface area contributed by atoms with Crippen LogP contribution in [0.25, 0.3) is 0 Å². The lowest BCUT2D eigenvalue weighted by atomic mass is 9.53. The molecule has 260 valence electrons. The minimum atomic E-state index is -0.0920. The van der Waals surface area contributed by atoms with Crippen molar-refractivity contribution in [3.8, 4) is 17.2 Å². The number of hydrogen-bond donors (Lipinski definition) is 3. The topological polar surface area (TPSA) is 60.7 Å². The van der Waals surface area contributed by atoms with Crippen LogP contribution in [0.4, 0.5) is 0 Å². The minimum Gasteiger partial charge on any atom is -0.508 e. The number of phenols is 3. The van der Waals surface area contributed by atoms with Gasteiger partial charge in [-0.3, -0.25) is 0 Å². The highest BCUT2D eigenvalue weighted by atomic mass is 16.3. The van der Waals surface area contributed by atoms with E-state index in [9.17, 15) is 15.3 Å². The molecule has 3 saturated carbocycles. The summed E-state index contributed by atoms with van der Waals surface area (Å²) in [5.41, 5.74) is 7.50.